The van der Waals surface area contributed by atoms with Crippen LogP contribution in [0.5, 0.6) is 17.2 Å². The summed E-state index contributed by atoms with van der Waals surface area (Å²) in [5, 5.41) is 14.7. The number of nitrogen functional groups attached to an aromatic ring is 1. The number of carbonyl (C=O) groups is 2. The standard InChI is InChI=1S/C30H28ClN5O5/c1-3-25(37)35-13-5-6-19(16-35)28-22(10-12-26(38)39)27(29-30(32)33-17-34-36(28)29)18-9-11-23(24(14-18)40-2)41-21-8-4-7-20(31)15-21/h3-4,6-9,11,14-15,17H,1,5,10,12-13,16H2,2H3,(H,38,39)(H2,32,33,34). The molecule has 0 saturated heterocycles. The van der Waals surface area contributed by atoms with E-state index < -0.39 is 5.97 Å². The molecule has 0 spiro atoms. The van der Waals surface area contributed by atoms with Gasteiger partial charge in [-0.1, -0.05) is 36.4 Å². The van der Waals surface area contributed by atoms with E-state index in [0.717, 1.165) is 11.1 Å². The van der Waals surface area contributed by atoms with Gasteiger partial charge in [0.1, 0.15) is 17.6 Å². The van der Waals surface area contributed by atoms with E-state index in [4.69, 9.17) is 26.8 Å². The molecule has 3 N–H and O–H groups in total. The molecule has 0 atom stereocenters. The number of ether oxygens (including phenoxy) is 2. The number of hydrogen-bond donors (Lipinski definition) is 2. The molecule has 0 saturated carbocycles. The number of anilines is 1. The molecule has 0 bridgehead atoms. The second-order valence-electron chi connectivity index (χ2n) is 9.41. The number of fused-ring (bicyclic) bond motifs is 1. The molecule has 0 radical (unpaired) electrons. The fraction of sp³-hybridized carbons (Fsp3) is 0.200. The van der Waals surface area contributed by atoms with Crippen LogP contribution in [0.4, 0.5) is 5.82 Å². The molecule has 10 nitrogen and oxygen atoms in total. The summed E-state index contributed by atoms with van der Waals surface area (Å²) in [5.74, 6) is 0.558. The zero-order chi connectivity index (χ0) is 29.1. The molecule has 11 heteroatoms. The molecule has 2 aromatic carbocycles. The Balaban J connectivity index is 1.69. The van der Waals surface area contributed by atoms with E-state index in [1.807, 2.05) is 12.1 Å². The van der Waals surface area contributed by atoms with E-state index >= 15 is 0 Å². The molecule has 2 aromatic heterocycles. The van der Waals surface area contributed by atoms with Crippen LogP contribution < -0.4 is 15.2 Å². The molecule has 5 rings (SSSR count). The lowest BCUT2D eigenvalue weighted by Crippen LogP contribution is -2.34. The van der Waals surface area contributed by atoms with Gasteiger partial charge in [0.15, 0.2) is 17.3 Å². The van der Waals surface area contributed by atoms with E-state index in [0.29, 0.717) is 64.1 Å². The van der Waals surface area contributed by atoms with Crippen molar-refractivity contribution in [1.82, 2.24) is 19.5 Å². The highest BCUT2D eigenvalue weighted by Crippen LogP contribution is 2.43. The smallest absolute Gasteiger partial charge is 0.303 e. The van der Waals surface area contributed by atoms with Gasteiger partial charge < -0.3 is 25.2 Å². The Morgan fingerprint density at radius 2 is 2.05 bits per heavy atom. The predicted octanol–water partition coefficient (Wildman–Crippen LogP) is 5.25. The maximum Gasteiger partial charge on any atom is 0.303 e. The number of halogens is 1. The lowest BCUT2D eigenvalue weighted by molar-refractivity contribution is -0.137. The van der Waals surface area contributed by atoms with Gasteiger partial charge in [-0.25, -0.2) is 9.50 Å². The summed E-state index contributed by atoms with van der Waals surface area (Å²) in [5.41, 5.74) is 10.6. The minimum Gasteiger partial charge on any atom is -0.493 e. The normalized spacial score (nSPS) is 13.1. The fourth-order valence-corrected chi connectivity index (χ4v) is 5.25. The number of amides is 1. The summed E-state index contributed by atoms with van der Waals surface area (Å²) in [6.07, 6.45) is 5.38. The maximum atomic E-state index is 12.5. The Morgan fingerprint density at radius 1 is 1.22 bits per heavy atom. The number of benzene rings is 2. The first-order valence-corrected chi connectivity index (χ1v) is 13.3. The SMILES string of the molecule is C=CC(=O)N1CCC=C(c2c(CCC(=O)O)c(-c3ccc(Oc4cccc(Cl)c4)c(OC)c3)c3c(N)ncnn23)C1. The average molecular weight is 574 g/mol. The number of hydrogen-bond acceptors (Lipinski definition) is 7. The van der Waals surface area contributed by atoms with Crippen molar-refractivity contribution in [1.29, 1.82) is 0 Å². The molecule has 1 aliphatic heterocycles. The van der Waals surface area contributed by atoms with Gasteiger partial charge in [0, 0.05) is 30.1 Å². The Kier molecular flexibility index (Phi) is 7.93. The van der Waals surface area contributed by atoms with Crippen LogP contribution in [-0.2, 0) is 16.0 Å². The van der Waals surface area contributed by atoms with Crippen molar-refractivity contribution >= 4 is 40.4 Å². The third-order valence-corrected chi connectivity index (χ3v) is 7.10. The minimum atomic E-state index is -0.944. The van der Waals surface area contributed by atoms with Crippen LogP contribution in [0, 0.1) is 0 Å². The topological polar surface area (TPSA) is 132 Å². The van der Waals surface area contributed by atoms with Gasteiger partial charge in [0.2, 0.25) is 5.91 Å². The third kappa shape index (κ3) is 5.59. The van der Waals surface area contributed by atoms with Crippen molar-refractivity contribution in [2.45, 2.75) is 19.3 Å². The van der Waals surface area contributed by atoms with Crippen LogP contribution in [0.25, 0.3) is 22.2 Å². The minimum absolute atomic E-state index is 0.125. The largest absolute Gasteiger partial charge is 0.493 e. The highest BCUT2D eigenvalue weighted by molar-refractivity contribution is 6.30. The number of rotatable bonds is 9. The summed E-state index contributed by atoms with van der Waals surface area (Å²) < 4.78 is 13.4. The van der Waals surface area contributed by atoms with Crippen LogP contribution >= 0.6 is 11.6 Å². The van der Waals surface area contributed by atoms with E-state index in [1.54, 1.807) is 45.8 Å². The fourth-order valence-electron chi connectivity index (χ4n) is 5.07. The summed E-state index contributed by atoms with van der Waals surface area (Å²) in [7, 11) is 1.54. The number of nitrogens with two attached hydrogens (primary N) is 1. The highest BCUT2D eigenvalue weighted by Gasteiger charge is 2.28. The zero-order valence-corrected chi connectivity index (χ0v) is 23.1. The number of aromatic nitrogens is 3. The number of aliphatic carboxylic acids is 1. The molecule has 3 heterocycles. The molecule has 0 aliphatic carbocycles. The number of methoxy groups -OCH3 is 1. The number of carbonyl (C=O) groups excluding carboxylic acids is 1. The first-order valence-electron chi connectivity index (χ1n) is 12.9. The quantitative estimate of drug-likeness (QED) is 0.259. The van der Waals surface area contributed by atoms with Gasteiger partial charge in [-0.15, -0.1) is 0 Å². The number of carboxylic acid groups (broad SMARTS) is 1. The van der Waals surface area contributed by atoms with Gasteiger partial charge in [0.25, 0.3) is 0 Å². The zero-order valence-electron chi connectivity index (χ0n) is 22.3. The van der Waals surface area contributed by atoms with Crippen molar-refractivity contribution in [2.24, 2.45) is 0 Å². The van der Waals surface area contributed by atoms with Crippen molar-refractivity contribution in [3.8, 4) is 28.4 Å². The van der Waals surface area contributed by atoms with E-state index in [9.17, 15) is 14.7 Å². The number of carboxylic acids is 1. The second kappa shape index (κ2) is 11.7. The van der Waals surface area contributed by atoms with Crippen LogP contribution in [0.1, 0.15) is 24.1 Å². The highest BCUT2D eigenvalue weighted by atomic mass is 35.5. The summed E-state index contributed by atoms with van der Waals surface area (Å²) in [6, 6.07) is 12.4. The van der Waals surface area contributed by atoms with Crippen LogP contribution in [0.3, 0.4) is 0 Å². The molecular weight excluding hydrogens is 546 g/mol. The van der Waals surface area contributed by atoms with Crippen molar-refractivity contribution in [3.05, 3.63) is 83.8 Å². The van der Waals surface area contributed by atoms with Gasteiger partial charge in [-0.2, -0.15) is 5.10 Å². The Morgan fingerprint density at radius 3 is 2.78 bits per heavy atom. The lowest BCUT2D eigenvalue weighted by Gasteiger charge is -2.27. The first kappa shape index (κ1) is 27.7. The van der Waals surface area contributed by atoms with Gasteiger partial charge in [-0.3, -0.25) is 9.59 Å². The Bertz CT molecular complexity index is 1700. The second-order valence-corrected chi connectivity index (χ2v) is 9.85. The summed E-state index contributed by atoms with van der Waals surface area (Å²) in [4.78, 5) is 30.1. The van der Waals surface area contributed by atoms with E-state index in [-0.39, 0.29) is 24.6 Å². The third-order valence-electron chi connectivity index (χ3n) is 6.86. The molecule has 41 heavy (non-hydrogen) atoms. The predicted molar refractivity (Wildman–Crippen MR) is 156 cm³/mol. The van der Waals surface area contributed by atoms with Crippen LogP contribution in [-0.4, -0.2) is 56.7 Å². The lowest BCUT2D eigenvalue weighted by atomic mass is 9.94. The monoisotopic (exact) mass is 573 g/mol. The number of nitrogens with zero attached hydrogens (tertiary/aromatic N) is 4. The molecule has 1 amide bonds. The Labute approximate surface area is 241 Å². The van der Waals surface area contributed by atoms with E-state index in [1.165, 1.54) is 19.5 Å². The van der Waals surface area contributed by atoms with Gasteiger partial charge >= 0.3 is 5.97 Å². The van der Waals surface area contributed by atoms with Crippen molar-refractivity contribution in [2.75, 3.05) is 25.9 Å². The van der Waals surface area contributed by atoms with Crippen molar-refractivity contribution < 1.29 is 24.2 Å². The molecule has 1 aliphatic rings. The molecule has 0 fully saturated rings. The molecule has 210 valence electrons. The van der Waals surface area contributed by atoms with E-state index in [2.05, 4.69) is 16.7 Å². The van der Waals surface area contributed by atoms with Gasteiger partial charge in [0.05, 0.1) is 12.8 Å². The van der Waals surface area contributed by atoms with Crippen LogP contribution in [0.2, 0.25) is 5.02 Å². The van der Waals surface area contributed by atoms with Gasteiger partial charge in [-0.05, 0) is 65.9 Å². The average Bonchev–Trinajstić information content (AvgIpc) is 3.31. The summed E-state index contributed by atoms with van der Waals surface area (Å²) >= 11 is 6.12. The molecule has 0 unspecified atom stereocenters. The van der Waals surface area contributed by atoms with Crippen molar-refractivity contribution in [3.63, 3.8) is 0 Å². The first-order chi connectivity index (χ1) is 19.8. The Hall–Kier alpha value is -4.83. The maximum absolute atomic E-state index is 12.5. The molecule has 4 aromatic rings. The molecular formula is C30H28ClN5O5. The van der Waals surface area contributed by atoms with Crippen LogP contribution in [0.15, 0.2) is 67.5 Å². The summed E-state index contributed by atoms with van der Waals surface area (Å²) in [6.45, 7) is 4.48.